The Morgan fingerprint density at radius 3 is 2.42 bits per heavy atom. The number of esters is 1. The Morgan fingerprint density at radius 2 is 1.88 bits per heavy atom. The summed E-state index contributed by atoms with van der Waals surface area (Å²) >= 11 is 0. The number of ether oxygens (including phenoxy) is 1. The van der Waals surface area contributed by atoms with E-state index in [-0.39, 0.29) is 12.8 Å². The molecule has 4 N–H and O–H groups in total. The number of allylic oxidation sites excluding steroid dienone is 6. The van der Waals surface area contributed by atoms with Gasteiger partial charge in [0.2, 0.25) is 0 Å². The molecule has 0 amide bonds. The molecular weight excluding hydrogens is 324 g/mol. The molecule has 0 unspecified atom stereocenters. The van der Waals surface area contributed by atoms with Gasteiger partial charge >= 0.3 is 5.97 Å². The standard InChI is InChI=1S/C22H38N2O2.H2/c1-8-10-16(2)17(3)13-18(4)19(5)14-22(6,7)15-26-21(25)20(24)11-9-12-23;/h10,13,20H,4-5,8-9,11-12,14-15,23-24H2,1-3,6-7H3;1H/b16-10+,17-13+;/t20-;/m0./s1. The molecule has 0 saturated carbocycles. The molecule has 0 fully saturated rings. The second-order valence-electron chi connectivity index (χ2n) is 7.74. The molecule has 0 heterocycles. The molecular formula is C22H40N2O2. The molecule has 0 bridgehead atoms. The van der Waals surface area contributed by atoms with Gasteiger partial charge < -0.3 is 16.2 Å². The SMILES string of the molecule is C=C(/C=C(C)/C(C)=C/CC)C(=C)CC(C)(C)COC(=O)[C@@H](N)CCCN.[HH]. The topological polar surface area (TPSA) is 78.3 Å². The van der Waals surface area contributed by atoms with Crippen molar-refractivity contribution in [3.05, 3.63) is 47.6 Å². The van der Waals surface area contributed by atoms with Crippen LogP contribution in [0.15, 0.2) is 47.6 Å². The lowest BCUT2D eigenvalue weighted by Gasteiger charge is -2.26. The molecule has 4 heteroatoms. The summed E-state index contributed by atoms with van der Waals surface area (Å²) in [6.07, 6.45) is 7.23. The van der Waals surface area contributed by atoms with Crippen molar-refractivity contribution >= 4 is 5.97 Å². The Labute approximate surface area is 161 Å². The smallest absolute Gasteiger partial charge is 0.322 e. The Kier molecular flexibility index (Phi) is 11.1. The maximum Gasteiger partial charge on any atom is 0.322 e. The fourth-order valence-corrected chi connectivity index (χ4v) is 2.52. The molecule has 1 atom stereocenters. The zero-order chi connectivity index (χ0) is 20.3. The van der Waals surface area contributed by atoms with E-state index in [0.717, 1.165) is 17.6 Å². The minimum absolute atomic E-state index is 0. The average molecular weight is 365 g/mol. The highest BCUT2D eigenvalue weighted by Crippen LogP contribution is 2.29. The minimum atomic E-state index is -0.605. The van der Waals surface area contributed by atoms with Crippen LogP contribution in [-0.2, 0) is 9.53 Å². The average Bonchev–Trinajstić information content (AvgIpc) is 2.57. The van der Waals surface area contributed by atoms with Crippen LogP contribution in [0.25, 0.3) is 0 Å². The number of rotatable bonds is 12. The van der Waals surface area contributed by atoms with E-state index in [4.69, 9.17) is 16.2 Å². The molecule has 4 nitrogen and oxygen atoms in total. The second-order valence-corrected chi connectivity index (χ2v) is 7.74. The van der Waals surface area contributed by atoms with Crippen molar-refractivity contribution in [2.45, 2.75) is 66.3 Å². The van der Waals surface area contributed by atoms with Gasteiger partial charge in [0.1, 0.15) is 6.04 Å². The predicted octanol–water partition coefficient (Wildman–Crippen LogP) is 4.67. The molecule has 0 aliphatic carbocycles. The van der Waals surface area contributed by atoms with Crippen LogP contribution in [0.1, 0.15) is 61.7 Å². The van der Waals surface area contributed by atoms with Crippen molar-refractivity contribution in [3.63, 3.8) is 0 Å². The normalized spacial score (nSPS) is 14.1. The third-order valence-electron chi connectivity index (χ3n) is 4.30. The highest BCUT2D eigenvalue weighted by Gasteiger charge is 2.24. The summed E-state index contributed by atoms with van der Waals surface area (Å²) in [6.45, 7) is 19.5. The van der Waals surface area contributed by atoms with Crippen molar-refractivity contribution in [3.8, 4) is 0 Å². The van der Waals surface area contributed by atoms with E-state index in [1.807, 2.05) is 13.8 Å². The maximum absolute atomic E-state index is 12.0. The van der Waals surface area contributed by atoms with Crippen LogP contribution >= 0.6 is 0 Å². The molecule has 0 spiro atoms. The van der Waals surface area contributed by atoms with Crippen LogP contribution in [0, 0.1) is 5.41 Å². The summed E-state index contributed by atoms with van der Waals surface area (Å²) in [5.41, 5.74) is 15.3. The fraction of sp³-hybridized carbons (Fsp3) is 0.591. The summed E-state index contributed by atoms with van der Waals surface area (Å²) in [7, 11) is 0. The van der Waals surface area contributed by atoms with E-state index in [1.165, 1.54) is 11.1 Å². The lowest BCUT2D eigenvalue weighted by molar-refractivity contribution is -0.148. The zero-order valence-electron chi connectivity index (χ0n) is 17.4. The summed E-state index contributed by atoms with van der Waals surface area (Å²) in [6, 6.07) is -0.605. The second kappa shape index (κ2) is 11.9. The van der Waals surface area contributed by atoms with E-state index in [2.05, 4.69) is 46.1 Å². The molecule has 0 radical (unpaired) electrons. The van der Waals surface area contributed by atoms with E-state index in [0.29, 0.717) is 32.4 Å². The van der Waals surface area contributed by atoms with Gasteiger partial charge in [0.15, 0.2) is 0 Å². The molecule has 0 rings (SSSR count). The van der Waals surface area contributed by atoms with Crippen molar-refractivity contribution in [1.29, 1.82) is 0 Å². The first-order valence-electron chi connectivity index (χ1n) is 9.38. The lowest BCUT2D eigenvalue weighted by atomic mass is 9.84. The quantitative estimate of drug-likeness (QED) is 0.389. The van der Waals surface area contributed by atoms with Gasteiger partial charge in [-0.25, -0.2) is 0 Å². The third-order valence-corrected chi connectivity index (χ3v) is 4.30. The zero-order valence-corrected chi connectivity index (χ0v) is 17.4. The molecule has 0 aliphatic heterocycles. The summed E-state index contributed by atoms with van der Waals surface area (Å²) in [4.78, 5) is 12.0. The first-order chi connectivity index (χ1) is 12.0. The number of nitrogens with two attached hydrogens (primary N) is 2. The highest BCUT2D eigenvalue weighted by atomic mass is 16.5. The monoisotopic (exact) mass is 364 g/mol. The van der Waals surface area contributed by atoms with Gasteiger partial charge in [-0.1, -0.05) is 51.7 Å². The molecule has 0 aromatic heterocycles. The minimum Gasteiger partial charge on any atom is -0.464 e. The molecule has 26 heavy (non-hydrogen) atoms. The van der Waals surface area contributed by atoms with Crippen LogP contribution in [0.2, 0.25) is 0 Å². The first kappa shape index (κ1) is 24.4. The van der Waals surface area contributed by atoms with Crippen LogP contribution in [0.5, 0.6) is 0 Å². The fourth-order valence-electron chi connectivity index (χ4n) is 2.52. The van der Waals surface area contributed by atoms with Gasteiger partial charge in [-0.3, -0.25) is 4.79 Å². The van der Waals surface area contributed by atoms with Crippen molar-refractivity contribution in [2.24, 2.45) is 16.9 Å². The number of carbonyl (C=O) groups excluding carboxylic acids is 1. The van der Waals surface area contributed by atoms with Gasteiger partial charge in [0, 0.05) is 6.84 Å². The molecule has 0 aliphatic rings. The van der Waals surface area contributed by atoms with Gasteiger partial charge in [-0.05, 0) is 62.8 Å². The number of hydrogen-bond acceptors (Lipinski definition) is 4. The first-order valence-corrected chi connectivity index (χ1v) is 9.38. The van der Waals surface area contributed by atoms with Crippen LogP contribution in [0.4, 0.5) is 0 Å². The molecule has 0 aromatic carbocycles. The largest absolute Gasteiger partial charge is 0.464 e. The van der Waals surface area contributed by atoms with E-state index < -0.39 is 6.04 Å². The van der Waals surface area contributed by atoms with Crippen LogP contribution < -0.4 is 11.5 Å². The molecule has 0 aromatic rings. The lowest BCUT2D eigenvalue weighted by Crippen LogP contribution is -2.35. The predicted molar refractivity (Wildman–Crippen MR) is 114 cm³/mol. The molecule has 0 saturated heterocycles. The Bertz CT molecular complexity index is 563. The number of carbonyl (C=O) groups is 1. The van der Waals surface area contributed by atoms with E-state index >= 15 is 0 Å². The summed E-state index contributed by atoms with van der Waals surface area (Å²) in [5.74, 6) is -0.368. The highest BCUT2D eigenvalue weighted by molar-refractivity contribution is 5.75. The van der Waals surface area contributed by atoms with Gasteiger partial charge in [0.25, 0.3) is 0 Å². The van der Waals surface area contributed by atoms with Crippen molar-refractivity contribution in [1.82, 2.24) is 0 Å². The Balaban J connectivity index is 0. The third kappa shape index (κ3) is 9.73. The van der Waals surface area contributed by atoms with Crippen molar-refractivity contribution < 1.29 is 11.0 Å². The van der Waals surface area contributed by atoms with E-state index in [9.17, 15) is 4.79 Å². The van der Waals surface area contributed by atoms with Gasteiger partial charge in [-0.15, -0.1) is 0 Å². The van der Waals surface area contributed by atoms with Crippen LogP contribution in [-0.4, -0.2) is 25.2 Å². The van der Waals surface area contributed by atoms with E-state index in [1.54, 1.807) is 0 Å². The summed E-state index contributed by atoms with van der Waals surface area (Å²) in [5, 5.41) is 0. The van der Waals surface area contributed by atoms with Crippen molar-refractivity contribution in [2.75, 3.05) is 13.2 Å². The Hall–Kier alpha value is -1.65. The van der Waals surface area contributed by atoms with Crippen LogP contribution in [0.3, 0.4) is 0 Å². The molecule has 150 valence electrons. The van der Waals surface area contributed by atoms with Gasteiger partial charge in [0.05, 0.1) is 6.61 Å². The maximum atomic E-state index is 12.0. The summed E-state index contributed by atoms with van der Waals surface area (Å²) < 4.78 is 5.40. The Morgan fingerprint density at radius 1 is 1.27 bits per heavy atom. The van der Waals surface area contributed by atoms with Gasteiger partial charge in [-0.2, -0.15) is 0 Å². The number of hydrogen-bond donors (Lipinski definition) is 2.